The van der Waals surface area contributed by atoms with E-state index in [9.17, 15) is 19.2 Å². The molecule has 0 spiro atoms. The molecule has 1 atom stereocenters. The topological polar surface area (TPSA) is 121 Å². The molecular weight excluding hydrogens is 320 g/mol. The number of nitrogens with one attached hydrogen (secondary N) is 1. The van der Waals surface area contributed by atoms with Gasteiger partial charge in [0.2, 0.25) is 0 Å². The fourth-order valence-corrected chi connectivity index (χ4v) is 1.74. The van der Waals surface area contributed by atoms with Crippen molar-refractivity contribution in [3.8, 4) is 5.75 Å². The summed E-state index contributed by atoms with van der Waals surface area (Å²) in [7, 11) is 2.29. The highest BCUT2D eigenvalue weighted by atomic mass is 16.5. The van der Waals surface area contributed by atoms with Crippen LogP contribution in [0.2, 0.25) is 0 Å². The van der Waals surface area contributed by atoms with Gasteiger partial charge in [-0.1, -0.05) is 0 Å². The van der Waals surface area contributed by atoms with Crippen LogP contribution in [0.4, 0.5) is 0 Å². The van der Waals surface area contributed by atoms with Gasteiger partial charge in [-0.15, -0.1) is 0 Å². The van der Waals surface area contributed by atoms with Gasteiger partial charge in [0.1, 0.15) is 17.5 Å². The van der Waals surface area contributed by atoms with E-state index < -0.39 is 30.5 Å². The van der Waals surface area contributed by atoms with E-state index in [1.807, 2.05) is 0 Å². The summed E-state index contributed by atoms with van der Waals surface area (Å²) in [5.74, 6) is -2.32. The Balaban J connectivity index is 2.68. The number of carbonyl (C=O) groups is 4. The van der Waals surface area contributed by atoms with Gasteiger partial charge in [-0.3, -0.25) is 14.4 Å². The normalized spacial score (nSPS) is 11.1. The molecule has 0 aliphatic carbocycles. The first-order chi connectivity index (χ1) is 11.4. The van der Waals surface area contributed by atoms with Crippen LogP contribution in [0.15, 0.2) is 18.3 Å². The number of hydrogen-bond donors (Lipinski definition) is 1. The lowest BCUT2D eigenvalue weighted by Gasteiger charge is -2.16. The van der Waals surface area contributed by atoms with Crippen LogP contribution in [0.1, 0.15) is 23.8 Å². The molecule has 1 amide bonds. The molecule has 0 unspecified atom stereocenters. The fraction of sp³-hybridized carbons (Fsp3) is 0.400. The van der Waals surface area contributed by atoms with Gasteiger partial charge < -0.3 is 19.5 Å². The zero-order chi connectivity index (χ0) is 18.1. The second-order valence-corrected chi connectivity index (χ2v) is 4.62. The molecule has 1 aromatic rings. The van der Waals surface area contributed by atoms with E-state index in [1.54, 1.807) is 6.07 Å². The van der Waals surface area contributed by atoms with Crippen molar-refractivity contribution in [1.82, 2.24) is 10.3 Å². The standard InChI is InChI=1S/C15H18N2O7/c1-9(18)14-11(5-4-6-16-14)24-8-12(19)17-10(15(21)23-3)7-13(20)22-2/h4-6,10H,7-8H2,1-3H3,(H,17,19)/t10-/m0/s1. The Morgan fingerprint density at radius 3 is 2.50 bits per heavy atom. The predicted octanol–water partition coefficient (Wildman–Crippen LogP) is -0.116. The molecule has 0 saturated carbocycles. The Morgan fingerprint density at radius 2 is 1.92 bits per heavy atom. The summed E-state index contributed by atoms with van der Waals surface area (Å²) in [6, 6.07) is 1.84. The lowest BCUT2D eigenvalue weighted by molar-refractivity contribution is -0.150. The van der Waals surface area contributed by atoms with Gasteiger partial charge in [-0.05, 0) is 12.1 Å². The van der Waals surface area contributed by atoms with Crippen molar-refractivity contribution < 1.29 is 33.4 Å². The Bertz CT molecular complexity index is 630. The first kappa shape index (κ1) is 19.1. The molecule has 9 nitrogen and oxygen atoms in total. The third-order valence-electron chi connectivity index (χ3n) is 2.88. The van der Waals surface area contributed by atoms with Gasteiger partial charge in [0, 0.05) is 13.1 Å². The Kier molecular flexibility index (Phi) is 7.34. The summed E-state index contributed by atoms with van der Waals surface area (Å²) >= 11 is 0. The van der Waals surface area contributed by atoms with Gasteiger partial charge in [-0.2, -0.15) is 0 Å². The van der Waals surface area contributed by atoms with E-state index in [2.05, 4.69) is 19.8 Å². The van der Waals surface area contributed by atoms with Crippen LogP contribution in [0.5, 0.6) is 5.75 Å². The average Bonchev–Trinajstić information content (AvgIpc) is 2.58. The number of pyridine rings is 1. The number of ether oxygens (including phenoxy) is 3. The molecule has 0 radical (unpaired) electrons. The Morgan fingerprint density at radius 1 is 1.21 bits per heavy atom. The van der Waals surface area contributed by atoms with Crippen LogP contribution in [-0.2, 0) is 23.9 Å². The molecule has 9 heteroatoms. The van der Waals surface area contributed by atoms with Crippen LogP contribution >= 0.6 is 0 Å². The third-order valence-corrected chi connectivity index (χ3v) is 2.88. The number of amides is 1. The molecule has 1 heterocycles. The van der Waals surface area contributed by atoms with Crippen molar-refractivity contribution in [3.05, 3.63) is 24.0 Å². The SMILES string of the molecule is COC(=O)C[C@H](NC(=O)COc1cccnc1C(C)=O)C(=O)OC. The molecule has 0 fully saturated rings. The average molecular weight is 338 g/mol. The number of hydrogen-bond acceptors (Lipinski definition) is 8. The molecule has 0 aliphatic heterocycles. The first-order valence-electron chi connectivity index (χ1n) is 6.91. The van der Waals surface area contributed by atoms with E-state index in [0.717, 1.165) is 14.2 Å². The van der Waals surface area contributed by atoms with Crippen LogP contribution in [0.25, 0.3) is 0 Å². The van der Waals surface area contributed by atoms with Gasteiger partial charge in [-0.25, -0.2) is 9.78 Å². The smallest absolute Gasteiger partial charge is 0.328 e. The van der Waals surface area contributed by atoms with Crippen molar-refractivity contribution in [2.45, 2.75) is 19.4 Å². The van der Waals surface area contributed by atoms with Crippen molar-refractivity contribution >= 4 is 23.6 Å². The molecule has 1 N–H and O–H groups in total. The van der Waals surface area contributed by atoms with Crippen LogP contribution in [0, 0.1) is 0 Å². The molecule has 0 saturated heterocycles. The summed E-state index contributed by atoms with van der Waals surface area (Å²) in [4.78, 5) is 50.0. The lowest BCUT2D eigenvalue weighted by atomic mass is 10.2. The minimum atomic E-state index is -1.19. The number of nitrogens with zero attached hydrogens (tertiary/aromatic N) is 1. The fourth-order valence-electron chi connectivity index (χ4n) is 1.74. The van der Waals surface area contributed by atoms with Crippen molar-refractivity contribution in [3.63, 3.8) is 0 Å². The summed E-state index contributed by atoms with van der Waals surface area (Å²) in [6.07, 6.45) is 1.05. The van der Waals surface area contributed by atoms with E-state index in [-0.39, 0.29) is 23.6 Å². The number of Topliss-reactive ketones (excluding diaryl/α,β-unsaturated/α-hetero) is 1. The maximum Gasteiger partial charge on any atom is 0.328 e. The molecule has 130 valence electrons. The summed E-state index contributed by atoms with van der Waals surface area (Å²) in [5, 5.41) is 2.31. The van der Waals surface area contributed by atoms with Crippen LogP contribution in [-0.4, -0.2) is 55.5 Å². The van der Waals surface area contributed by atoms with Crippen molar-refractivity contribution in [2.75, 3.05) is 20.8 Å². The second-order valence-electron chi connectivity index (χ2n) is 4.62. The number of aromatic nitrogens is 1. The zero-order valence-electron chi connectivity index (χ0n) is 13.5. The van der Waals surface area contributed by atoms with E-state index in [4.69, 9.17) is 4.74 Å². The van der Waals surface area contributed by atoms with Crippen molar-refractivity contribution in [2.24, 2.45) is 0 Å². The number of methoxy groups -OCH3 is 2. The quantitative estimate of drug-likeness (QED) is 0.514. The van der Waals surface area contributed by atoms with Gasteiger partial charge in [0.15, 0.2) is 12.4 Å². The highest BCUT2D eigenvalue weighted by Gasteiger charge is 2.25. The number of esters is 2. The van der Waals surface area contributed by atoms with Gasteiger partial charge in [0.25, 0.3) is 5.91 Å². The Hall–Kier alpha value is -2.97. The van der Waals surface area contributed by atoms with Crippen LogP contribution in [0.3, 0.4) is 0 Å². The van der Waals surface area contributed by atoms with E-state index in [1.165, 1.54) is 19.2 Å². The maximum atomic E-state index is 11.9. The maximum absolute atomic E-state index is 11.9. The largest absolute Gasteiger partial charge is 0.481 e. The minimum absolute atomic E-state index is 0.0874. The van der Waals surface area contributed by atoms with Gasteiger partial charge in [0.05, 0.1) is 20.6 Å². The zero-order valence-corrected chi connectivity index (χ0v) is 13.5. The number of carbonyl (C=O) groups excluding carboxylic acids is 4. The summed E-state index contributed by atoms with van der Waals surface area (Å²) in [5.41, 5.74) is 0.0874. The lowest BCUT2D eigenvalue weighted by Crippen LogP contribution is -2.45. The second kappa shape index (κ2) is 9.23. The molecule has 1 aromatic heterocycles. The highest BCUT2D eigenvalue weighted by molar-refractivity contribution is 5.95. The molecule has 0 bridgehead atoms. The third kappa shape index (κ3) is 5.67. The van der Waals surface area contributed by atoms with Gasteiger partial charge >= 0.3 is 11.9 Å². The number of ketones is 1. The summed E-state index contributed by atoms with van der Waals surface area (Å²) in [6.45, 7) is 0.847. The molecule has 0 aliphatic rings. The summed E-state index contributed by atoms with van der Waals surface area (Å²) < 4.78 is 14.2. The van der Waals surface area contributed by atoms with Crippen molar-refractivity contribution in [1.29, 1.82) is 0 Å². The van der Waals surface area contributed by atoms with E-state index >= 15 is 0 Å². The minimum Gasteiger partial charge on any atom is -0.481 e. The molecule has 24 heavy (non-hydrogen) atoms. The monoisotopic (exact) mass is 338 g/mol. The number of rotatable bonds is 8. The Labute approximate surface area is 138 Å². The molecular formula is C15H18N2O7. The van der Waals surface area contributed by atoms with Crippen LogP contribution < -0.4 is 10.1 Å². The highest BCUT2D eigenvalue weighted by Crippen LogP contribution is 2.15. The molecule has 1 rings (SSSR count). The first-order valence-corrected chi connectivity index (χ1v) is 6.91. The predicted molar refractivity (Wildman–Crippen MR) is 80.3 cm³/mol. The van der Waals surface area contributed by atoms with E-state index in [0.29, 0.717) is 0 Å². The molecule has 0 aromatic carbocycles.